The Labute approximate surface area is 121 Å². The van der Waals surface area contributed by atoms with E-state index in [0.717, 1.165) is 23.8 Å². The lowest BCUT2D eigenvalue weighted by Crippen LogP contribution is -2.23. The van der Waals surface area contributed by atoms with Gasteiger partial charge in [-0.05, 0) is 35.9 Å². The van der Waals surface area contributed by atoms with E-state index < -0.39 is 15.8 Å². The molecule has 0 saturated heterocycles. The molecule has 4 nitrogen and oxygen atoms in total. The molecule has 106 valence electrons. The highest BCUT2D eigenvalue weighted by atomic mass is 35.5. The molecule has 0 aromatic heterocycles. The Morgan fingerprint density at radius 3 is 2.60 bits per heavy atom. The van der Waals surface area contributed by atoms with Crippen molar-refractivity contribution in [2.45, 2.75) is 11.4 Å². The summed E-state index contributed by atoms with van der Waals surface area (Å²) < 4.78 is 39.5. The second-order valence-electron chi connectivity index (χ2n) is 4.15. The van der Waals surface area contributed by atoms with Gasteiger partial charge in [0.25, 0.3) is 0 Å². The van der Waals surface area contributed by atoms with Gasteiger partial charge in [-0.2, -0.15) is 0 Å². The summed E-state index contributed by atoms with van der Waals surface area (Å²) in [5.41, 5.74) is 6.88. The summed E-state index contributed by atoms with van der Waals surface area (Å²) in [4.78, 5) is -0.0900. The molecule has 0 atom stereocenters. The Morgan fingerprint density at radius 1 is 1.20 bits per heavy atom. The van der Waals surface area contributed by atoms with Crippen LogP contribution in [0.25, 0.3) is 0 Å². The van der Waals surface area contributed by atoms with Crippen molar-refractivity contribution in [2.24, 2.45) is 0 Å². The van der Waals surface area contributed by atoms with E-state index in [1.807, 2.05) is 0 Å². The Balaban J connectivity index is 2.17. The van der Waals surface area contributed by atoms with Gasteiger partial charge in [-0.25, -0.2) is 17.5 Å². The van der Waals surface area contributed by atoms with Crippen LogP contribution in [-0.2, 0) is 16.6 Å². The zero-order chi connectivity index (χ0) is 14.8. The van der Waals surface area contributed by atoms with Crippen molar-refractivity contribution in [1.29, 1.82) is 0 Å². The van der Waals surface area contributed by atoms with E-state index in [4.69, 9.17) is 17.3 Å². The molecule has 2 rings (SSSR count). The summed E-state index contributed by atoms with van der Waals surface area (Å²) in [7, 11) is -3.75. The van der Waals surface area contributed by atoms with Crippen LogP contribution in [0.2, 0.25) is 5.02 Å². The fraction of sp³-hybridized carbons (Fsp3) is 0.0769. The van der Waals surface area contributed by atoms with E-state index in [1.54, 1.807) is 24.3 Å². The molecule has 7 heteroatoms. The summed E-state index contributed by atoms with van der Waals surface area (Å²) >= 11 is 5.57. The lowest BCUT2D eigenvalue weighted by atomic mass is 10.2. The van der Waals surface area contributed by atoms with E-state index in [-0.39, 0.29) is 16.5 Å². The predicted molar refractivity (Wildman–Crippen MR) is 76.3 cm³/mol. The topological polar surface area (TPSA) is 72.2 Å². The van der Waals surface area contributed by atoms with Gasteiger partial charge >= 0.3 is 0 Å². The van der Waals surface area contributed by atoms with Crippen molar-refractivity contribution in [1.82, 2.24) is 4.72 Å². The summed E-state index contributed by atoms with van der Waals surface area (Å²) in [5.74, 6) is -0.665. The van der Waals surface area contributed by atoms with Crippen LogP contribution in [0.4, 0.5) is 10.1 Å². The first-order valence-corrected chi connectivity index (χ1v) is 7.54. The first-order chi connectivity index (χ1) is 9.38. The summed E-state index contributed by atoms with van der Waals surface area (Å²) in [6.45, 7) is 0.0857. The lowest BCUT2D eigenvalue weighted by molar-refractivity contribution is 0.580. The number of halogens is 2. The third kappa shape index (κ3) is 3.47. The highest BCUT2D eigenvalue weighted by Gasteiger charge is 2.15. The Kier molecular flexibility index (Phi) is 4.27. The molecule has 2 aromatic rings. The van der Waals surface area contributed by atoms with Gasteiger partial charge in [0, 0.05) is 12.2 Å². The van der Waals surface area contributed by atoms with Gasteiger partial charge < -0.3 is 5.73 Å². The van der Waals surface area contributed by atoms with Crippen molar-refractivity contribution >= 4 is 27.3 Å². The summed E-state index contributed by atoms with van der Waals surface area (Å²) in [5, 5.41) is -0.239. The zero-order valence-corrected chi connectivity index (χ0v) is 11.9. The van der Waals surface area contributed by atoms with Crippen LogP contribution in [0.15, 0.2) is 47.4 Å². The SMILES string of the molecule is Nc1cccc(CNS(=O)(=O)c2ccc(F)c(Cl)c2)c1. The molecule has 0 aliphatic carbocycles. The Morgan fingerprint density at radius 2 is 1.95 bits per heavy atom. The van der Waals surface area contributed by atoms with Crippen molar-refractivity contribution in [2.75, 3.05) is 5.73 Å². The van der Waals surface area contributed by atoms with Gasteiger partial charge in [-0.15, -0.1) is 0 Å². The van der Waals surface area contributed by atoms with Crippen LogP contribution >= 0.6 is 11.6 Å². The molecule has 0 saturated carbocycles. The molecular formula is C13H12ClFN2O2S. The first-order valence-electron chi connectivity index (χ1n) is 5.67. The second kappa shape index (κ2) is 5.78. The van der Waals surface area contributed by atoms with Crippen LogP contribution in [0.1, 0.15) is 5.56 Å². The van der Waals surface area contributed by atoms with E-state index in [2.05, 4.69) is 4.72 Å². The van der Waals surface area contributed by atoms with Gasteiger partial charge in [0.2, 0.25) is 10.0 Å². The third-order valence-corrected chi connectivity index (χ3v) is 4.31. The molecule has 0 bridgehead atoms. The number of rotatable bonds is 4. The van der Waals surface area contributed by atoms with Crippen molar-refractivity contribution in [3.63, 3.8) is 0 Å². The van der Waals surface area contributed by atoms with E-state index in [0.29, 0.717) is 5.69 Å². The number of hydrogen-bond donors (Lipinski definition) is 2. The van der Waals surface area contributed by atoms with Crippen LogP contribution < -0.4 is 10.5 Å². The maximum Gasteiger partial charge on any atom is 0.240 e. The predicted octanol–water partition coefficient (Wildman–Crippen LogP) is 2.54. The van der Waals surface area contributed by atoms with Crippen LogP contribution in [0, 0.1) is 5.82 Å². The van der Waals surface area contributed by atoms with Crippen molar-refractivity contribution < 1.29 is 12.8 Å². The van der Waals surface area contributed by atoms with Gasteiger partial charge in [0.1, 0.15) is 5.82 Å². The van der Waals surface area contributed by atoms with Gasteiger partial charge in [0.15, 0.2) is 0 Å². The van der Waals surface area contributed by atoms with E-state index in [9.17, 15) is 12.8 Å². The molecule has 0 heterocycles. The molecule has 2 aromatic carbocycles. The molecule has 0 unspecified atom stereocenters. The van der Waals surface area contributed by atoms with E-state index in [1.165, 1.54) is 0 Å². The van der Waals surface area contributed by atoms with Gasteiger partial charge in [-0.3, -0.25) is 0 Å². The molecule has 0 radical (unpaired) electrons. The largest absolute Gasteiger partial charge is 0.399 e. The fourth-order valence-corrected chi connectivity index (χ4v) is 2.90. The maximum atomic E-state index is 13.0. The van der Waals surface area contributed by atoms with Gasteiger partial charge in [-0.1, -0.05) is 23.7 Å². The fourth-order valence-electron chi connectivity index (χ4n) is 1.61. The molecule has 0 amide bonds. The highest BCUT2D eigenvalue weighted by molar-refractivity contribution is 7.89. The van der Waals surface area contributed by atoms with Crippen LogP contribution in [0.3, 0.4) is 0 Å². The average Bonchev–Trinajstić information content (AvgIpc) is 2.40. The van der Waals surface area contributed by atoms with Gasteiger partial charge in [0.05, 0.1) is 9.92 Å². The molecule has 0 aliphatic rings. The molecule has 0 fully saturated rings. The zero-order valence-electron chi connectivity index (χ0n) is 10.3. The number of sulfonamides is 1. The number of nitrogens with two attached hydrogens (primary N) is 1. The maximum absolute atomic E-state index is 13.0. The Hall–Kier alpha value is -1.63. The van der Waals surface area contributed by atoms with E-state index >= 15 is 0 Å². The molecule has 20 heavy (non-hydrogen) atoms. The molecule has 0 aliphatic heterocycles. The number of nitrogens with one attached hydrogen (secondary N) is 1. The smallest absolute Gasteiger partial charge is 0.240 e. The monoisotopic (exact) mass is 314 g/mol. The standard InChI is InChI=1S/C13H12ClFN2O2S/c14-12-7-11(4-5-13(12)15)20(18,19)17-8-9-2-1-3-10(16)6-9/h1-7,17H,8,16H2. The lowest BCUT2D eigenvalue weighted by Gasteiger charge is -2.08. The minimum Gasteiger partial charge on any atom is -0.399 e. The van der Waals surface area contributed by atoms with Crippen molar-refractivity contribution in [3.05, 3.63) is 58.9 Å². The molecule has 3 N–H and O–H groups in total. The minimum absolute atomic E-state index is 0.0857. The van der Waals surface area contributed by atoms with Crippen LogP contribution in [0.5, 0.6) is 0 Å². The van der Waals surface area contributed by atoms with Crippen LogP contribution in [-0.4, -0.2) is 8.42 Å². The average molecular weight is 315 g/mol. The highest BCUT2D eigenvalue weighted by Crippen LogP contribution is 2.19. The molecular weight excluding hydrogens is 303 g/mol. The first kappa shape index (κ1) is 14.8. The quantitative estimate of drug-likeness (QED) is 0.852. The number of benzene rings is 2. The van der Waals surface area contributed by atoms with Crippen molar-refractivity contribution in [3.8, 4) is 0 Å². The third-order valence-electron chi connectivity index (χ3n) is 2.62. The Bertz CT molecular complexity index is 735. The number of nitrogen functional groups attached to an aromatic ring is 1. The second-order valence-corrected chi connectivity index (χ2v) is 6.32. The number of anilines is 1. The minimum atomic E-state index is -3.75. The molecule has 0 spiro atoms. The normalized spacial score (nSPS) is 11.5. The number of hydrogen-bond acceptors (Lipinski definition) is 3. The summed E-state index contributed by atoms with van der Waals surface area (Å²) in [6.07, 6.45) is 0. The summed E-state index contributed by atoms with van der Waals surface area (Å²) in [6, 6.07) is 10.1.